The summed E-state index contributed by atoms with van der Waals surface area (Å²) < 4.78 is 27.8. The molecule has 2 rings (SSSR count). The van der Waals surface area contributed by atoms with Gasteiger partial charge >= 0.3 is 5.97 Å². The Labute approximate surface area is 125 Å². The van der Waals surface area contributed by atoms with E-state index >= 15 is 0 Å². The van der Waals surface area contributed by atoms with E-state index < -0.39 is 39.3 Å². The molecule has 108 valence electrons. The SMILES string of the molecule is O=C(O)c1cc(-c2c(F)ccc(Br)c2F)cc([N+](=O)[O-])c1. The summed E-state index contributed by atoms with van der Waals surface area (Å²) in [5.74, 6) is -3.35. The van der Waals surface area contributed by atoms with Gasteiger partial charge in [0.2, 0.25) is 0 Å². The first-order valence-corrected chi connectivity index (χ1v) is 6.27. The predicted molar refractivity (Wildman–Crippen MR) is 73.1 cm³/mol. The number of aromatic carboxylic acids is 1. The normalized spacial score (nSPS) is 10.4. The molecule has 0 saturated heterocycles. The summed E-state index contributed by atoms with van der Waals surface area (Å²) in [6.07, 6.45) is 0. The number of carboxylic acids is 1. The molecule has 0 aliphatic rings. The minimum absolute atomic E-state index is 0.0396. The van der Waals surface area contributed by atoms with Gasteiger partial charge in [0.1, 0.15) is 11.6 Å². The number of nitro benzene ring substituents is 1. The minimum Gasteiger partial charge on any atom is -0.478 e. The number of halogens is 3. The predicted octanol–water partition coefficient (Wildman–Crippen LogP) is 4.00. The molecule has 2 aromatic carbocycles. The van der Waals surface area contributed by atoms with Crippen LogP contribution in [-0.4, -0.2) is 16.0 Å². The van der Waals surface area contributed by atoms with Crippen molar-refractivity contribution in [3.05, 3.63) is 62.1 Å². The maximum Gasteiger partial charge on any atom is 0.335 e. The zero-order chi connectivity index (χ0) is 15.7. The number of nitrogens with zero attached hydrogens (tertiary/aromatic N) is 1. The van der Waals surface area contributed by atoms with Crippen molar-refractivity contribution >= 4 is 27.6 Å². The van der Waals surface area contributed by atoms with Crippen LogP contribution in [0.1, 0.15) is 10.4 Å². The summed E-state index contributed by atoms with van der Waals surface area (Å²) in [5.41, 5.74) is -1.75. The first-order valence-electron chi connectivity index (χ1n) is 5.48. The van der Waals surface area contributed by atoms with Crippen molar-refractivity contribution in [1.82, 2.24) is 0 Å². The lowest BCUT2D eigenvalue weighted by molar-refractivity contribution is -0.384. The van der Waals surface area contributed by atoms with Crippen molar-refractivity contribution in [1.29, 1.82) is 0 Å². The van der Waals surface area contributed by atoms with Crippen LogP contribution in [0.2, 0.25) is 0 Å². The molecule has 5 nitrogen and oxygen atoms in total. The zero-order valence-corrected chi connectivity index (χ0v) is 11.7. The van der Waals surface area contributed by atoms with Crippen LogP contribution in [0.15, 0.2) is 34.8 Å². The molecule has 0 fully saturated rings. The molecule has 0 aliphatic heterocycles. The topological polar surface area (TPSA) is 80.4 Å². The monoisotopic (exact) mass is 357 g/mol. The third-order valence-electron chi connectivity index (χ3n) is 2.71. The Morgan fingerprint density at radius 1 is 1.24 bits per heavy atom. The maximum atomic E-state index is 14.0. The molecule has 0 bridgehead atoms. The van der Waals surface area contributed by atoms with Gasteiger partial charge in [0.15, 0.2) is 0 Å². The molecular weight excluding hydrogens is 352 g/mol. The lowest BCUT2D eigenvalue weighted by Gasteiger charge is -2.08. The van der Waals surface area contributed by atoms with Crippen LogP contribution < -0.4 is 0 Å². The molecule has 2 aromatic rings. The molecular formula is C13H6BrF2NO4. The Kier molecular flexibility index (Phi) is 3.99. The van der Waals surface area contributed by atoms with E-state index in [-0.39, 0.29) is 10.0 Å². The van der Waals surface area contributed by atoms with Crippen molar-refractivity contribution in [3.8, 4) is 11.1 Å². The minimum atomic E-state index is -1.43. The van der Waals surface area contributed by atoms with E-state index in [9.17, 15) is 23.7 Å². The quantitative estimate of drug-likeness (QED) is 0.511. The van der Waals surface area contributed by atoms with Crippen LogP contribution in [0.4, 0.5) is 14.5 Å². The number of carboxylic acid groups (broad SMARTS) is 1. The second-order valence-electron chi connectivity index (χ2n) is 4.05. The molecule has 0 aliphatic carbocycles. The molecule has 0 radical (unpaired) electrons. The zero-order valence-electron chi connectivity index (χ0n) is 10.1. The maximum absolute atomic E-state index is 14.0. The summed E-state index contributed by atoms with van der Waals surface area (Å²) in [6.45, 7) is 0. The third kappa shape index (κ3) is 2.89. The number of non-ortho nitro benzene ring substituents is 1. The molecule has 21 heavy (non-hydrogen) atoms. The molecule has 0 spiro atoms. The highest BCUT2D eigenvalue weighted by Gasteiger charge is 2.20. The second-order valence-corrected chi connectivity index (χ2v) is 4.90. The average molecular weight is 358 g/mol. The highest BCUT2D eigenvalue weighted by atomic mass is 79.9. The molecule has 0 aromatic heterocycles. The lowest BCUT2D eigenvalue weighted by atomic mass is 10.0. The Morgan fingerprint density at radius 3 is 2.48 bits per heavy atom. The Bertz CT molecular complexity index is 732. The second kappa shape index (κ2) is 5.57. The van der Waals surface area contributed by atoms with Gasteiger partial charge in [-0.15, -0.1) is 0 Å². The van der Waals surface area contributed by atoms with Gasteiger partial charge < -0.3 is 5.11 Å². The van der Waals surface area contributed by atoms with E-state index in [0.29, 0.717) is 0 Å². The van der Waals surface area contributed by atoms with Crippen molar-refractivity contribution in [2.24, 2.45) is 0 Å². The third-order valence-corrected chi connectivity index (χ3v) is 3.32. The van der Waals surface area contributed by atoms with Crippen LogP contribution in [-0.2, 0) is 0 Å². The standard InChI is InChI=1S/C13H6BrF2NO4/c14-9-1-2-10(15)11(12(9)16)6-3-7(13(18)19)5-8(4-6)17(20)21/h1-5H,(H,18,19). The highest BCUT2D eigenvalue weighted by molar-refractivity contribution is 9.10. The first kappa shape index (κ1) is 15.0. The van der Waals surface area contributed by atoms with E-state index in [1.165, 1.54) is 0 Å². The van der Waals surface area contributed by atoms with Gasteiger partial charge in [-0.2, -0.15) is 0 Å². The van der Waals surface area contributed by atoms with Crippen LogP contribution in [0, 0.1) is 21.7 Å². The van der Waals surface area contributed by atoms with E-state index in [2.05, 4.69) is 15.9 Å². The number of benzene rings is 2. The summed E-state index contributed by atoms with van der Waals surface area (Å²) in [6, 6.07) is 4.83. The van der Waals surface area contributed by atoms with E-state index in [1.54, 1.807) is 0 Å². The summed E-state index contributed by atoms with van der Waals surface area (Å²) in [7, 11) is 0. The van der Waals surface area contributed by atoms with E-state index in [0.717, 1.165) is 30.3 Å². The van der Waals surface area contributed by atoms with Gasteiger partial charge in [-0.1, -0.05) is 0 Å². The van der Waals surface area contributed by atoms with Crippen molar-refractivity contribution in [2.45, 2.75) is 0 Å². The van der Waals surface area contributed by atoms with Crippen molar-refractivity contribution < 1.29 is 23.6 Å². The van der Waals surface area contributed by atoms with Gasteiger partial charge in [-0.3, -0.25) is 10.1 Å². The van der Waals surface area contributed by atoms with E-state index in [4.69, 9.17) is 5.11 Å². The molecule has 8 heteroatoms. The summed E-state index contributed by atoms with van der Waals surface area (Å²) in [4.78, 5) is 21.0. The summed E-state index contributed by atoms with van der Waals surface area (Å²) in [5, 5.41) is 19.7. The Balaban J connectivity index is 2.78. The average Bonchev–Trinajstić information content (AvgIpc) is 2.43. The first-order chi connectivity index (χ1) is 9.81. The van der Waals surface area contributed by atoms with Crippen LogP contribution in [0.3, 0.4) is 0 Å². The number of hydrogen-bond donors (Lipinski definition) is 1. The van der Waals surface area contributed by atoms with Gasteiger partial charge in [-0.05, 0) is 39.7 Å². The molecule has 1 N–H and O–H groups in total. The number of nitro groups is 1. The fourth-order valence-electron chi connectivity index (χ4n) is 1.78. The highest BCUT2D eigenvalue weighted by Crippen LogP contribution is 2.33. The van der Waals surface area contributed by atoms with Gasteiger partial charge in [0, 0.05) is 12.1 Å². The van der Waals surface area contributed by atoms with Crippen LogP contribution in [0.5, 0.6) is 0 Å². The van der Waals surface area contributed by atoms with Gasteiger partial charge in [0.25, 0.3) is 5.69 Å². The van der Waals surface area contributed by atoms with Crippen LogP contribution >= 0.6 is 15.9 Å². The van der Waals surface area contributed by atoms with Crippen molar-refractivity contribution in [2.75, 3.05) is 0 Å². The van der Waals surface area contributed by atoms with Gasteiger partial charge in [-0.25, -0.2) is 13.6 Å². The van der Waals surface area contributed by atoms with Gasteiger partial charge in [0.05, 0.1) is 20.5 Å². The lowest BCUT2D eigenvalue weighted by Crippen LogP contribution is -2.00. The van der Waals surface area contributed by atoms with E-state index in [1.807, 2.05) is 0 Å². The molecule has 0 saturated carbocycles. The number of hydrogen-bond acceptors (Lipinski definition) is 3. The smallest absolute Gasteiger partial charge is 0.335 e. The molecule has 0 heterocycles. The molecule has 0 atom stereocenters. The Hall–Kier alpha value is -2.35. The largest absolute Gasteiger partial charge is 0.478 e. The van der Waals surface area contributed by atoms with Crippen LogP contribution in [0.25, 0.3) is 11.1 Å². The summed E-state index contributed by atoms with van der Waals surface area (Å²) >= 11 is 2.88. The number of rotatable bonds is 3. The van der Waals surface area contributed by atoms with Crippen molar-refractivity contribution in [3.63, 3.8) is 0 Å². The fraction of sp³-hybridized carbons (Fsp3) is 0. The fourth-order valence-corrected chi connectivity index (χ4v) is 2.11. The Morgan fingerprint density at radius 2 is 1.90 bits per heavy atom. The number of carbonyl (C=O) groups is 1. The molecule has 0 unspecified atom stereocenters. The molecule has 0 amide bonds.